The van der Waals surface area contributed by atoms with E-state index in [1.165, 1.54) is 17.7 Å². The Morgan fingerprint density at radius 1 is 0.938 bits per heavy atom. The molecule has 2 N–H and O–H groups in total. The summed E-state index contributed by atoms with van der Waals surface area (Å²) in [6, 6.07) is 12.7. The number of carbonyl (C=O) groups excluding carboxylic acids is 1. The van der Waals surface area contributed by atoms with Crippen molar-refractivity contribution in [1.82, 2.24) is 19.8 Å². The molecule has 0 aliphatic carbocycles. The highest BCUT2D eigenvalue weighted by Gasteiger charge is 2.16. The van der Waals surface area contributed by atoms with Crippen molar-refractivity contribution in [2.24, 2.45) is 0 Å². The van der Waals surface area contributed by atoms with Crippen LogP contribution in [0.5, 0.6) is 0 Å². The van der Waals surface area contributed by atoms with Crippen LogP contribution in [0, 0.1) is 5.82 Å². The van der Waals surface area contributed by atoms with Crippen LogP contribution in [0.25, 0.3) is 0 Å². The molecule has 1 fully saturated rings. The fourth-order valence-corrected chi connectivity index (χ4v) is 4.60. The molecular weight excluding hydrogens is 431 g/mol. The molecule has 9 heteroatoms. The van der Waals surface area contributed by atoms with Crippen molar-refractivity contribution in [3.63, 3.8) is 0 Å². The van der Waals surface area contributed by atoms with E-state index in [1.54, 1.807) is 0 Å². The third-order valence-corrected chi connectivity index (χ3v) is 7.08. The van der Waals surface area contributed by atoms with Gasteiger partial charge < -0.3 is 10.2 Å². The molecule has 0 saturated carbocycles. The first-order valence-corrected chi connectivity index (χ1v) is 12.4. The molecule has 0 spiro atoms. The van der Waals surface area contributed by atoms with Crippen LogP contribution in [-0.2, 0) is 27.9 Å². The Bertz CT molecular complexity index is 973. The number of carbonyl (C=O) groups is 1. The van der Waals surface area contributed by atoms with Gasteiger partial charge in [0.1, 0.15) is 5.82 Å². The summed E-state index contributed by atoms with van der Waals surface area (Å²) in [6.45, 7) is 8.97. The number of nitrogens with one attached hydrogen (secondary N) is 2. The minimum absolute atomic E-state index is 0.0161. The molecule has 174 valence electrons. The molecule has 1 aliphatic rings. The Labute approximate surface area is 189 Å². The third kappa shape index (κ3) is 7.37. The number of likely N-dealkylation sites (N-methyl/N-ethyl adjacent to an activating group) is 1. The zero-order chi connectivity index (χ0) is 23.0. The Kier molecular flexibility index (Phi) is 8.75. The second kappa shape index (κ2) is 11.5. The van der Waals surface area contributed by atoms with Crippen LogP contribution in [0.15, 0.2) is 53.4 Å². The van der Waals surface area contributed by atoms with Gasteiger partial charge in [0.05, 0.1) is 4.90 Å². The van der Waals surface area contributed by atoms with Gasteiger partial charge in [0.25, 0.3) is 0 Å². The fraction of sp³-hybridized carbons (Fsp3) is 0.435. The zero-order valence-corrected chi connectivity index (χ0v) is 19.2. The summed E-state index contributed by atoms with van der Waals surface area (Å²) in [5, 5.41) is 2.81. The number of rotatable bonds is 10. The molecule has 1 saturated heterocycles. The van der Waals surface area contributed by atoms with E-state index < -0.39 is 15.8 Å². The topological polar surface area (TPSA) is 81.8 Å². The smallest absolute Gasteiger partial charge is 0.240 e. The summed E-state index contributed by atoms with van der Waals surface area (Å²) in [7, 11) is -3.76. The van der Waals surface area contributed by atoms with Crippen molar-refractivity contribution in [2.75, 3.05) is 39.3 Å². The molecule has 2 aromatic rings. The summed E-state index contributed by atoms with van der Waals surface area (Å²) in [6.07, 6.45) is 0.0161. The van der Waals surface area contributed by atoms with Gasteiger partial charge in [-0.15, -0.1) is 0 Å². The fourth-order valence-electron chi connectivity index (χ4n) is 3.57. The molecule has 3 rings (SSSR count). The van der Waals surface area contributed by atoms with Gasteiger partial charge in [0, 0.05) is 52.2 Å². The Morgan fingerprint density at radius 2 is 1.53 bits per heavy atom. The molecule has 0 radical (unpaired) electrons. The number of halogens is 1. The van der Waals surface area contributed by atoms with E-state index in [9.17, 15) is 17.6 Å². The largest absolute Gasteiger partial charge is 0.352 e. The van der Waals surface area contributed by atoms with Crippen molar-refractivity contribution in [3.05, 3.63) is 65.5 Å². The van der Waals surface area contributed by atoms with Crippen molar-refractivity contribution < 1.29 is 17.6 Å². The van der Waals surface area contributed by atoms with Gasteiger partial charge in [-0.2, -0.15) is 0 Å². The van der Waals surface area contributed by atoms with Crippen molar-refractivity contribution in [2.45, 2.75) is 31.3 Å². The van der Waals surface area contributed by atoms with E-state index in [0.29, 0.717) is 6.54 Å². The first kappa shape index (κ1) is 24.3. The van der Waals surface area contributed by atoms with Gasteiger partial charge in [-0.05, 0) is 41.9 Å². The predicted molar refractivity (Wildman–Crippen MR) is 122 cm³/mol. The number of benzene rings is 2. The number of nitrogens with zero attached hydrogens (tertiary/aromatic N) is 2. The van der Waals surface area contributed by atoms with Crippen molar-refractivity contribution >= 4 is 15.9 Å². The van der Waals surface area contributed by atoms with Crippen LogP contribution in [-0.4, -0.2) is 63.4 Å². The molecule has 32 heavy (non-hydrogen) atoms. The standard InChI is InChI=1S/C23H31FN4O3S/c1-2-27-13-15-28(16-14-27)18-20-5-3-19(4-6-20)17-25-23(29)11-12-26-32(30,31)22-9-7-21(24)8-10-22/h3-10,26H,2,11-18H2,1H3,(H,25,29). The van der Waals surface area contributed by atoms with Crippen LogP contribution in [0.1, 0.15) is 24.5 Å². The lowest BCUT2D eigenvalue weighted by Gasteiger charge is -2.34. The van der Waals surface area contributed by atoms with Gasteiger partial charge in [-0.3, -0.25) is 9.69 Å². The molecular formula is C23H31FN4O3S. The first-order chi connectivity index (χ1) is 15.4. The number of hydrogen-bond acceptors (Lipinski definition) is 5. The Hall–Kier alpha value is -2.33. The highest BCUT2D eigenvalue weighted by Crippen LogP contribution is 2.11. The highest BCUT2D eigenvalue weighted by molar-refractivity contribution is 7.89. The van der Waals surface area contributed by atoms with E-state index in [1.807, 2.05) is 12.1 Å². The summed E-state index contributed by atoms with van der Waals surface area (Å²) in [5.74, 6) is -0.754. The summed E-state index contributed by atoms with van der Waals surface area (Å²) in [5.41, 5.74) is 2.24. The Morgan fingerprint density at radius 3 is 2.16 bits per heavy atom. The van der Waals surface area contributed by atoms with Crippen LogP contribution < -0.4 is 10.0 Å². The molecule has 0 unspecified atom stereocenters. The molecule has 1 aliphatic heterocycles. The van der Waals surface area contributed by atoms with Crippen LogP contribution in [0.4, 0.5) is 4.39 Å². The van der Waals surface area contributed by atoms with Gasteiger partial charge in [0.2, 0.25) is 15.9 Å². The van der Waals surface area contributed by atoms with Gasteiger partial charge in [0.15, 0.2) is 0 Å². The van der Waals surface area contributed by atoms with E-state index >= 15 is 0 Å². The van der Waals surface area contributed by atoms with E-state index in [4.69, 9.17) is 0 Å². The average Bonchev–Trinajstić information content (AvgIpc) is 2.79. The first-order valence-electron chi connectivity index (χ1n) is 10.9. The minimum atomic E-state index is -3.76. The van der Waals surface area contributed by atoms with E-state index in [2.05, 4.69) is 38.9 Å². The molecule has 1 amide bonds. The second-order valence-corrected chi connectivity index (χ2v) is 9.67. The van der Waals surface area contributed by atoms with Crippen molar-refractivity contribution in [1.29, 1.82) is 0 Å². The molecule has 0 atom stereocenters. The second-order valence-electron chi connectivity index (χ2n) is 7.91. The van der Waals surface area contributed by atoms with Crippen LogP contribution >= 0.6 is 0 Å². The molecule has 1 heterocycles. The predicted octanol–water partition coefficient (Wildman–Crippen LogP) is 1.95. The summed E-state index contributed by atoms with van der Waals surface area (Å²) < 4.78 is 39.6. The quantitative estimate of drug-likeness (QED) is 0.564. The minimum Gasteiger partial charge on any atom is -0.352 e. The SMILES string of the molecule is CCN1CCN(Cc2ccc(CNC(=O)CCNS(=O)(=O)c3ccc(F)cc3)cc2)CC1. The average molecular weight is 463 g/mol. The summed E-state index contributed by atoms with van der Waals surface area (Å²) >= 11 is 0. The van der Waals surface area contributed by atoms with Crippen LogP contribution in [0.3, 0.4) is 0 Å². The number of amides is 1. The maximum absolute atomic E-state index is 12.9. The lowest BCUT2D eigenvalue weighted by molar-refractivity contribution is -0.121. The lowest BCUT2D eigenvalue weighted by atomic mass is 10.1. The lowest BCUT2D eigenvalue weighted by Crippen LogP contribution is -2.45. The number of sulfonamides is 1. The number of hydrogen-bond donors (Lipinski definition) is 2. The van der Waals surface area contributed by atoms with Gasteiger partial charge >= 0.3 is 0 Å². The van der Waals surface area contributed by atoms with Gasteiger partial charge in [-0.25, -0.2) is 17.5 Å². The van der Waals surface area contributed by atoms with Gasteiger partial charge in [-0.1, -0.05) is 31.2 Å². The zero-order valence-electron chi connectivity index (χ0n) is 18.4. The molecule has 2 aromatic carbocycles. The molecule has 7 nitrogen and oxygen atoms in total. The van der Waals surface area contributed by atoms with E-state index in [0.717, 1.165) is 57.0 Å². The highest BCUT2D eigenvalue weighted by atomic mass is 32.2. The maximum atomic E-state index is 12.9. The van der Waals surface area contributed by atoms with Crippen LogP contribution in [0.2, 0.25) is 0 Å². The normalized spacial score (nSPS) is 15.6. The maximum Gasteiger partial charge on any atom is 0.240 e. The molecule has 0 bridgehead atoms. The van der Waals surface area contributed by atoms with E-state index in [-0.39, 0.29) is 23.8 Å². The third-order valence-electron chi connectivity index (χ3n) is 5.60. The Balaban J connectivity index is 1.37. The monoisotopic (exact) mass is 462 g/mol. The summed E-state index contributed by atoms with van der Waals surface area (Å²) in [4.78, 5) is 16.9. The van der Waals surface area contributed by atoms with Crippen molar-refractivity contribution in [3.8, 4) is 0 Å². The molecule has 0 aromatic heterocycles. The number of piperazine rings is 1.